The predicted octanol–water partition coefficient (Wildman–Crippen LogP) is 2.18. The van der Waals surface area contributed by atoms with E-state index < -0.39 is 0 Å². The molecule has 1 aliphatic rings. The topological polar surface area (TPSA) is 84.0 Å². The van der Waals surface area contributed by atoms with Gasteiger partial charge >= 0.3 is 0 Å². The van der Waals surface area contributed by atoms with Crippen LogP contribution in [0.3, 0.4) is 0 Å². The van der Waals surface area contributed by atoms with Crippen molar-refractivity contribution in [3.63, 3.8) is 0 Å². The van der Waals surface area contributed by atoms with Crippen LogP contribution in [0.25, 0.3) is 10.9 Å². The zero-order valence-electron chi connectivity index (χ0n) is 14.2. The summed E-state index contributed by atoms with van der Waals surface area (Å²) >= 11 is 0. The lowest BCUT2D eigenvalue weighted by atomic mass is 10.1. The summed E-state index contributed by atoms with van der Waals surface area (Å²) in [6, 6.07) is 9.55. The summed E-state index contributed by atoms with van der Waals surface area (Å²) in [6.07, 6.45) is -0.247. The molecule has 25 heavy (non-hydrogen) atoms. The maximum absolute atomic E-state index is 12.9. The minimum Gasteiger partial charge on any atom is -0.368 e. The minimum absolute atomic E-state index is 0.0896. The Kier molecular flexibility index (Phi) is 3.93. The molecule has 1 fully saturated rings. The highest BCUT2D eigenvalue weighted by molar-refractivity contribution is 6.04. The fraction of sp³-hybridized carbons (Fsp3) is 0.333. The number of aryl methyl sites for hydroxylation is 2. The Bertz CT molecular complexity index is 916. The van der Waals surface area contributed by atoms with Gasteiger partial charge in [-0.25, -0.2) is 9.97 Å². The Hall–Kier alpha value is -2.80. The summed E-state index contributed by atoms with van der Waals surface area (Å²) in [5.74, 6) is 0.619. The number of hydrogen-bond acceptors (Lipinski definition) is 5. The van der Waals surface area contributed by atoms with Gasteiger partial charge in [0, 0.05) is 17.6 Å². The number of ether oxygens (including phenoxy) is 1. The summed E-state index contributed by atoms with van der Waals surface area (Å²) in [7, 11) is 0. The second kappa shape index (κ2) is 6.25. The van der Waals surface area contributed by atoms with Gasteiger partial charge in [-0.3, -0.25) is 9.89 Å². The molecule has 0 aliphatic carbocycles. The lowest BCUT2D eigenvalue weighted by Gasteiger charge is -2.32. The first-order valence-electron chi connectivity index (χ1n) is 8.28. The highest BCUT2D eigenvalue weighted by Gasteiger charge is 2.29. The van der Waals surface area contributed by atoms with Gasteiger partial charge in [0.2, 0.25) is 0 Å². The largest absolute Gasteiger partial charge is 0.368 e. The third-order valence-corrected chi connectivity index (χ3v) is 4.34. The molecule has 128 valence electrons. The monoisotopic (exact) mass is 337 g/mol. The van der Waals surface area contributed by atoms with Gasteiger partial charge in [-0.05, 0) is 26.0 Å². The number of nitrogens with zero attached hydrogens (tertiary/aromatic N) is 4. The second-order valence-electron chi connectivity index (χ2n) is 6.21. The summed E-state index contributed by atoms with van der Waals surface area (Å²) in [4.78, 5) is 23.5. The van der Waals surface area contributed by atoms with Crippen molar-refractivity contribution in [3.05, 3.63) is 53.2 Å². The van der Waals surface area contributed by atoms with Crippen LogP contribution in [0.1, 0.15) is 33.8 Å². The van der Waals surface area contributed by atoms with Crippen molar-refractivity contribution in [1.82, 2.24) is 25.1 Å². The molecule has 1 atom stereocenters. The van der Waals surface area contributed by atoms with Crippen LogP contribution >= 0.6 is 0 Å². The first kappa shape index (κ1) is 15.7. The number of rotatable bonds is 2. The van der Waals surface area contributed by atoms with Crippen LogP contribution < -0.4 is 0 Å². The molecule has 0 spiro atoms. The number of hydrogen-bond donors (Lipinski definition) is 1. The van der Waals surface area contributed by atoms with Gasteiger partial charge in [0.25, 0.3) is 5.91 Å². The van der Waals surface area contributed by atoms with Crippen LogP contribution in [-0.2, 0) is 4.74 Å². The molecule has 7 heteroatoms. The Morgan fingerprint density at radius 2 is 2.12 bits per heavy atom. The fourth-order valence-corrected chi connectivity index (χ4v) is 3.20. The molecule has 7 nitrogen and oxygen atoms in total. The molecule has 1 aromatic carbocycles. The molecule has 1 N–H and O–H groups in total. The Balaban J connectivity index is 1.59. The fourth-order valence-electron chi connectivity index (χ4n) is 3.20. The SMILES string of the molecule is Cc1cc([C@@H]2CN(C(=O)c3n[nH]c4ccccc34)CCO2)nc(C)n1. The highest BCUT2D eigenvalue weighted by atomic mass is 16.5. The second-order valence-corrected chi connectivity index (χ2v) is 6.21. The van der Waals surface area contributed by atoms with E-state index in [0.717, 1.165) is 22.3 Å². The molecule has 0 unspecified atom stereocenters. The van der Waals surface area contributed by atoms with Gasteiger partial charge in [-0.2, -0.15) is 5.10 Å². The standard InChI is InChI=1S/C18H19N5O2/c1-11-9-15(20-12(2)19-11)16-10-23(7-8-25-16)18(24)17-13-5-3-4-6-14(13)21-22-17/h3-6,9,16H,7-8,10H2,1-2H3,(H,21,22)/t16-/m0/s1. The van der Waals surface area contributed by atoms with Gasteiger partial charge in [-0.1, -0.05) is 18.2 Å². The van der Waals surface area contributed by atoms with Gasteiger partial charge < -0.3 is 9.64 Å². The third kappa shape index (κ3) is 2.98. The lowest BCUT2D eigenvalue weighted by molar-refractivity contribution is -0.0250. The van der Waals surface area contributed by atoms with E-state index in [4.69, 9.17) is 4.74 Å². The van der Waals surface area contributed by atoms with E-state index in [1.54, 1.807) is 4.90 Å². The molecule has 1 amide bonds. The number of amides is 1. The Morgan fingerprint density at radius 3 is 2.96 bits per heavy atom. The van der Waals surface area contributed by atoms with E-state index in [0.29, 0.717) is 31.2 Å². The average molecular weight is 337 g/mol. The normalized spacial score (nSPS) is 17.8. The number of fused-ring (bicyclic) bond motifs is 1. The lowest BCUT2D eigenvalue weighted by Crippen LogP contribution is -2.42. The minimum atomic E-state index is -0.247. The van der Waals surface area contributed by atoms with Gasteiger partial charge in [0.05, 0.1) is 24.4 Å². The molecule has 1 saturated heterocycles. The number of H-pyrrole nitrogens is 1. The number of aromatic amines is 1. The molecular formula is C18H19N5O2. The van der Waals surface area contributed by atoms with Crippen LogP contribution in [0.5, 0.6) is 0 Å². The molecule has 4 rings (SSSR count). The van der Waals surface area contributed by atoms with Crippen molar-refractivity contribution in [3.8, 4) is 0 Å². The molecule has 0 radical (unpaired) electrons. The van der Waals surface area contributed by atoms with Gasteiger partial charge in [-0.15, -0.1) is 0 Å². The predicted molar refractivity (Wildman–Crippen MR) is 92.2 cm³/mol. The van der Waals surface area contributed by atoms with E-state index >= 15 is 0 Å². The zero-order valence-corrected chi connectivity index (χ0v) is 14.2. The van der Waals surface area contributed by atoms with Crippen molar-refractivity contribution in [2.75, 3.05) is 19.7 Å². The summed E-state index contributed by atoms with van der Waals surface area (Å²) in [6.45, 7) is 5.26. The molecule has 3 aromatic rings. The number of carbonyl (C=O) groups excluding carboxylic acids is 1. The quantitative estimate of drug-likeness (QED) is 0.775. The van der Waals surface area contributed by atoms with Gasteiger partial charge in [0.1, 0.15) is 11.9 Å². The van der Waals surface area contributed by atoms with Crippen molar-refractivity contribution in [2.45, 2.75) is 20.0 Å². The zero-order chi connectivity index (χ0) is 17.4. The van der Waals surface area contributed by atoms with Crippen LogP contribution in [0, 0.1) is 13.8 Å². The number of morpholine rings is 1. The third-order valence-electron chi connectivity index (χ3n) is 4.34. The number of para-hydroxylation sites is 1. The molecular weight excluding hydrogens is 318 g/mol. The Labute approximate surface area is 145 Å². The number of aromatic nitrogens is 4. The van der Waals surface area contributed by atoms with Crippen molar-refractivity contribution in [2.24, 2.45) is 0 Å². The molecule has 2 aromatic heterocycles. The smallest absolute Gasteiger partial charge is 0.275 e. The van der Waals surface area contributed by atoms with E-state index in [-0.39, 0.29) is 12.0 Å². The van der Waals surface area contributed by atoms with E-state index in [1.807, 2.05) is 44.2 Å². The van der Waals surface area contributed by atoms with E-state index in [9.17, 15) is 4.79 Å². The summed E-state index contributed by atoms with van der Waals surface area (Å²) in [5.41, 5.74) is 3.02. The molecule has 1 aliphatic heterocycles. The molecule has 0 bridgehead atoms. The van der Waals surface area contributed by atoms with E-state index in [1.165, 1.54) is 0 Å². The Morgan fingerprint density at radius 1 is 1.28 bits per heavy atom. The number of nitrogens with one attached hydrogen (secondary N) is 1. The summed E-state index contributed by atoms with van der Waals surface area (Å²) < 4.78 is 5.85. The molecule has 0 saturated carbocycles. The van der Waals surface area contributed by atoms with Crippen molar-refractivity contribution >= 4 is 16.8 Å². The average Bonchev–Trinajstić information content (AvgIpc) is 3.04. The van der Waals surface area contributed by atoms with Crippen LogP contribution in [0.4, 0.5) is 0 Å². The van der Waals surface area contributed by atoms with Crippen LogP contribution in [-0.4, -0.2) is 50.7 Å². The highest BCUT2D eigenvalue weighted by Crippen LogP contribution is 2.24. The molecule has 3 heterocycles. The first-order chi connectivity index (χ1) is 12.1. The maximum Gasteiger partial charge on any atom is 0.275 e. The van der Waals surface area contributed by atoms with Crippen molar-refractivity contribution < 1.29 is 9.53 Å². The number of carbonyl (C=O) groups is 1. The van der Waals surface area contributed by atoms with E-state index in [2.05, 4.69) is 20.2 Å². The van der Waals surface area contributed by atoms with Crippen LogP contribution in [0.15, 0.2) is 30.3 Å². The maximum atomic E-state index is 12.9. The van der Waals surface area contributed by atoms with Gasteiger partial charge in [0.15, 0.2) is 5.69 Å². The summed E-state index contributed by atoms with van der Waals surface area (Å²) in [5, 5.41) is 7.97. The van der Waals surface area contributed by atoms with Crippen molar-refractivity contribution in [1.29, 1.82) is 0 Å². The van der Waals surface area contributed by atoms with Crippen LogP contribution in [0.2, 0.25) is 0 Å². The number of benzene rings is 1. The first-order valence-corrected chi connectivity index (χ1v) is 8.28.